The van der Waals surface area contributed by atoms with E-state index in [1.165, 1.54) is 4.68 Å². The molecule has 2 rings (SSSR count). The Morgan fingerprint density at radius 1 is 1.44 bits per heavy atom. The number of aryl methyl sites for hydroxylation is 3. The Labute approximate surface area is 104 Å². The third-order valence-electron chi connectivity index (χ3n) is 2.63. The van der Waals surface area contributed by atoms with Crippen LogP contribution in [0.4, 0.5) is 0 Å². The van der Waals surface area contributed by atoms with Gasteiger partial charge in [0.25, 0.3) is 5.56 Å². The van der Waals surface area contributed by atoms with Crippen molar-refractivity contribution < 1.29 is 5.11 Å². The maximum atomic E-state index is 11.4. The van der Waals surface area contributed by atoms with E-state index in [0.717, 1.165) is 18.4 Å². The quantitative estimate of drug-likeness (QED) is 0.771. The summed E-state index contributed by atoms with van der Waals surface area (Å²) in [6, 6.07) is 1.59. The van der Waals surface area contributed by atoms with Crippen LogP contribution in [-0.2, 0) is 26.6 Å². The smallest absolute Gasteiger partial charge is 0.266 e. The molecule has 0 saturated carbocycles. The van der Waals surface area contributed by atoms with Gasteiger partial charge in [0.2, 0.25) is 0 Å². The van der Waals surface area contributed by atoms with Crippen LogP contribution < -0.4 is 5.56 Å². The van der Waals surface area contributed by atoms with Crippen LogP contribution in [0.15, 0.2) is 23.3 Å². The lowest BCUT2D eigenvalue weighted by Gasteiger charge is -2.02. The molecule has 0 spiro atoms. The van der Waals surface area contributed by atoms with E-state index in [1.54, 1.807) is 30.2 Å². The fourth-order valence-electron chi connectivity index (χ4n) is 1.61. The Bertz CT molecular complexity index is 575. The fraction of sp³-hybridized carbons (Fsp3) is 0.455. The van der Waals surface area contributed by atoms with Gasteiger partial charge in [-0.3, -0.25) is 9.48 Å². The molecule has 2 heterocycles. The van der Waals surface area contributed by atoms with Crippen molar-refractivity contribution in [1.82, 2.24) is 24.8 Å². The van der Waals surface area contributed by atoms with Crippen molar-refractivity contribution in [1.29, 1.82) is 0 Å². The summed E-state index contributed by atoms with van der Waals surface area (Å²) in [5.74, 6) is 0. The van der Waals surface area contributed by atoms with Gasteiger partial charge in [-0.25, -0.2) is 4.68 Å². The van der Waals surface area contributed by atoms with Gasteiger partial charge in [-0.1, -0.05) is 5.21 Å². The predicted molar refractivity (Wildman–Crippen MR) is 63.7 cm³/mol. The second-order valence-electron chi connectivity index (χ2n) is 4.06. The third-order valence-corrected chi connectivity index (χ3v) is 2.63. The highest BCUT2D eigenvalue weighted by atomic mass is 16.3. The number of aromatic nitrogens is 5. The lowest BCUT2D eigenvalue weighted by molar-refractivity contribution is 0.276. The largest absolute Gasteiger partial charge is 0.390 e. The first-order valence-corrected chi connectivity index (χ1v) is 5.71. The Kier molecular flexibility index (Phi) is 3.83. The molecule has 0 saturated heterocycles. The van der Waals surface area contributed by atoms with Gasteiger partial charge in [-0.2, -0.15) is 5.10 Å². The van der Waals surface area contributed by atoms with Crippen LogP contribution in [0.3, 0.4) is 0 Å². The monoisotopic (exact) mass is 249 g/mol. The first-order chi connectivity index (χ1) is 8.69. The first-order valence-electron chi connectivity index (χ1n) is 5.71. The summed E-state index contributed by atoms with van der Waals surface area (Å²) in [5.41, 5.74) is 1.38. The molecule has 2 aromatic rings. The summed E-state index contributed by atoms with van der Waals surface area (Å²) < 4.78 is 2.98. The SMILES string of the molecule is Cn1ncc(CCCn2cc(CO)nn2)cc1=O. The second-order valence-corrected chi connectivity index (χ2v) is 4.06. The minimum Gasteiger partial charge on any atom is -0.390 e. The van der Waals surface area contributed by atoms with E-state index < -0.39 is 0 Å². The minimum atomic E-state index is -0.101. The number of rotatable bonds is 5. The van der Waals surface area contributed by atoms with E-state index in [-0.39, 0.29) is 12.2 Å². The van der Waals surface area contributed by atoms with Crippen molar-refractivity contribution in [2.24, 2.45) is 7.05 Å². The zero-order chi connectivity index (χ0) is 13.0. The van der Waals surface area contributed by atoms with Crippen molar-refractivity contribution in [2.75, 3.05) is 0 Å². The lowest BCUT2D eigenvalue weighted by Crippen LogP contribution is -2.18. The van der Waals surface area contributed by atoms with E-state index in [0.29, 0.717) is 12.2 Å². The van der Waals surface area contributed by atoms with Crippen LogP contribution >= 0.6 is 0 Å². The molecule has 0 aliphatic carbocycles. The molecule has 0 bridgehead atoms. The summed E-state index contributed by atoms with van der Waals surface area (Å²) in [4.78, 5) is 11.4. The molecule has 1 N–H and O–H groups in total. The fourth-order valence-corrected chi connectivity index (χ4v) is 1.61. The van der Waals surface area contributed by atoms with Crippen molar-refractivity contribution >= 4 is 0 Å². The standard InChI is InChI=1S/C11H15N5O2/c1-15-11(18)5-9(6-12-15)3-2-4-16-7-10(8-17)13-14-16/h5-7,17H,2-4,8H2,1H3. The van der Waals surface area contributed by atoms with Gasteiger partial charge in [0.15, 0.2) is 0 Å². The Balaban J connectivity index is 1.88. The summed E-state index contributed by atoms with van der Waals surface area (Å²) in [5, 5.41) is 20.5. The molecule has 18 heavy (non-hydrogen) atoms. The Morgan fingerprint density at radius 3 is 2.94 bits per heavy atom. The lowest BCUT2D eigenvalue weighted by atomic mass is 10.2. The maximum Gasteiger partial charge on any atom is 0.266 e. The summed E-state index contributed by atoms with van der Waals surface area (Å²) in [6.45, 7) is 0.598. The molecular weight excluding hydrogens is 234 g/mol. The molecular formula is C11H15N5O2. The van der Waals surface area contributed by atoms with Gasteiger partial charge < -0.3 is 5.11 Å². The van der Waals surface area contributed by atoms with Crippen LogP contribution in [0.1, 0.15) is 17.7 Å². The number of hydrogen-bond acceptors (Lipinski definition) is 5. The molecule has 0 fully saturated rings. The average molecular weight is 249 g/mol. The van der Waals surface area contributed by atoms with Gasteiger partial charge in [-0.15, -0.1) is 5.10 Å². The molecule has 7 heteroatoms. The zero-order valence-corrected chi connectivity index (χ0v) is 10.2. The maximum absolute atomic E-state index is 11.4. The number of aliphatic hydroxyl groups is 1. The molecule has 0 aliphatic heterocycles. The normalized spacial score (nSPS) is 10.8. The van der Waals surface area contributed by atoms with Crippen molar-refractivity contribution in [3.63, 3.8) is 0 Å². The van der Waals surface area contributed by atoms with Gasteiger partial charge in [0.05, 0.1) is 19.0 Å². The van der Waals surface area contributed by atoms with Gasteiger partial charge in [0, 0.05) is 19.7 Å². The molecule has 0 amide bonds. The van der Waals surface area contributed by atoms with Crippen molar-refractivity contribution in [2.45, 2.75) is 26.0 Å². The Morgan fingerprint density at radius 2 is 2.28 bits per heavy atom. The average Bonchev–Trinajstić information content (AvgIpc) is 2.82. The highest BCUT2D eigenvalue weighted by molar-refractivity contribution is 5.06. The van der Waals surface area contributed by atoms with E-state index in [9.17, 15) is 4.79 Å². The topological polar surface area (TPSA) is 85.8 Å². The second kappa shape index (κ2) is 5.54. The van der Waals surface area contributed by atoms with E-state index in [2.05, 4.69) is 15.4 Å². The van der Waals surface area contributed by atoms with Crippen molar-refractivity contribution in [3.8, 4) is 0 Å². The number of nitrogens with zero attached hydrogens (tertiary/aromatic N) is 5. The number of hydrogen-bond donors (Lipinski definition) is 1. The molecule has 0 atom stereocenters. The summed E-state index contributed by atoms with van der Waals surface area (Å²) in [7, 11) is 1.62. The first kappa shape index (κ1) is 12.4. The van der Waals surface area contributed by atoms with Gasteiger partial charge in [-0.05, 0) is 18.4 Å². The molecule has 0 aliphatic rings. The molecule has 96 valence electrons. The van der Waals surface area contributed by atoms with Crippen LogP contribution in [0.25, 0.3) is 0 Å². The molecule has 2 aromatic heterocycles. The summed E-state index contributed by atoms with van der Waals surface area (Å²) >= 11 is 0. The molecule has 0 radical (unpaired) electrons. The number of aliphatic hydroxyl groups excluding tert-OH is 1. The van der Waals surface area contributed by atoms with E-state index >= 15 is 0 Å². The molecule has 0 unspecified atom stereocenters. The van der Waals surface area contributed by atoms with Crippen LogP contribution in [-0.4, -0.2) is 29.9 Å². The van der Waals surface area contributed by atoms with Gasteiger partial charge >= 0.3 is 0 Å². The Hall–Kier alpha value is -2.02. The molecule has 0 aromatic carbocycles. The van der Waals surface area contributed by atoms with Crippen LogP contribution in [0, 0.1) is 0 Å². The van der Waals surface area contributed by atoms with Crippen LogP contribution in [0.2, 0.25) is 0 Å². The zero-order valence-electron chi connectivity index (χ0n) is 10.2. The van der Waals surface area contributed by atoms with Crippen molar-refractivity contribution in [3.05, 3.63) is 40.1 Å². The predicted octanol–water partition coefficient (Wildman–Crippen LogP) is -0.503. The third kappa shape index (κ3) is 3.01. The molecule has 7 nitrogen and oxygen atoms in total. The van der Waals surface area contributed by atoms with E-state index in [1.807, 2.05) is 0 Å². The highest BCUT2D eigenvalue weighted by Gasteiger charge is 2.00. The summed E-state index contributed by atoms with van der Waals surface area (Å²) in [6.07, 6.45) is 5.00. The minimum absolute atomic E-state index is 0.0986. The highest BCUT2D eigenvalue weighted by Crippen LogP contribution is 2.00. The van der Waals surface area contributed by atoms with Gasteiger partial charge in [0.1, 0.15) is 5.69 Å². The van der Waals surface area contributed by atoms with E-state index in [4.69, 9.17) is 5.11 Å². The van der Waals surface area contributed by atoms with Crippen LogP contribution in [0.5, 0.6) is 0 Å².